The summed E-state index contributed by atoms with van der Waals surface area (Å²) in [4.78, 5) is 0. The summed E-state index contributed by atoms with van der Waals surface area (Å²) in [5.74, 6) is 0. The Hall–Kier alpha value is -0.390. The Balaban J connectivity index is 1.81. The molecule has 0 spiro atoms. The van der Waals surface area contributed by atoms with Gasteiger partial charge >= 0.3 is 0 Å². The Bertz CT molecular complexity index is 498. The zero-order chi connectivity index (χ0) is 14.3. The van der Waals surface area contributed by atoms with Crippen LogP contribution in [0.25, 0.3) is 0 Å². The molecule has 1 aromatic rings. The van der Waals surface area contributed by atoms with Crippen molar-refractivity contribution in [1.82, 2.24) is 15.1 Å². The van der Waals surface area contributed by atoms with E-state index in [1.54, 1.807) is 0 Å². The van der Waals surface area contributed by atoms with Crippen LogP contribution < -0.4 is 5.32 Å². The van der Waals surface area contributed by atoms with Gasteiger partial charge < -0.3 is 10.4 Å². The molecule has 20 heavy (non-hydrogen) atoms. The molecule has 2 N–H and O–H groups in total. The van der Waals surface area contributed by atoms with Crippen molar-refractivity contribution in [3.8, 4) is 0 Å². The van der Waals surface area contributed by atoms with Crippen LogP contribution in [0.3, 0.4) is 0 Å². The highest BCUT2D eigenvalue weighted by Crippen LogP contribution is 2.39. The lowest BCUT2D eigenvalue weighted by Crippen LogP contribution is -2.53. The molecule has 2 saturated carbocycles. The average molecular weight is 342 g/mol. The van der Waals surface area contributed by atoms with Gasteiger partial charge in [-0.1, -0.05) is 0 Å². The molecule has 0 bridgehead atoms. The molecule has 0 aliphatic heterocycles. The molecule has 0 aromatic carbocycles. The monoisotopic (exact) mass is 341 g/mol. The lowest BCUT2D eigenvalue weighted by molar-refractivity contribution is 0.0921. The summed E-state index contributed by atoms with van der Waals surface area (Å²) in [7, 11) is 0. The van der Waals surface area contributed by atoms with Gasteiger partial charge in [-0.05, 0) is 68.3 Å². The summed E-state index contributed by atoms with van der Waals surface area (Å²) in [5, 5.41) is 18.3. The molecule has 2 aliphatic carbocycles. The van der Waals surface area contributed by atoms with E-state index < -0.39 is 0 Å². The van der Waals surface area contributed by atoms with Crippen molar-refractivity contribution in [2.24, 2.45) is 0 Å². The lowest BCUT2D eigenvalue weighted by Gasteiger charge is -2.41. The highest BCUT2D eigenvalue weighted by Gasteiger charge is 2.40. The predicted molar refractivity (Wildman–Crippen MR) is 82.9 cm³/mol. The fourth-order valence-corrected chi connectivity index (χ4v) is 3.78. The van der Waals surface area contributed by atoms with Crippen LogP contribution in [-0.4, -0.2) is 33.1 Å². The van der Waals surface area contributed by atoms with Crippen molar-refractivity contribution in [1.29, 1.82) is 0 Å². The van der Waals surface area contributed by atoms with Crippen molar-refractivity contribution in [3.63, 3.8) is 0 Å². The minimum Gasteiger partial charge on any atom is -0.394 e. The highest BCUT2D eigenvalue weighted by molar-refractivity contribution is 9.10. The minimum absolute atomic E-state index is 0.0944. The minimum atomic E-state index is -0.0944. The summed E-state index contributed by atoms with van der Waals surface area (Å²) in [5.41, 5.74) is 2.16. The fraction of sp³-hybridized carbons (Fsp3) is 0.800. The van der Waals surface area contributed by atoms with Crippen LogP contribution in [0.2, 0.25) is 0 Å². The van der Waals surface area contributed by atoms with Crippen LogP contribution in [-0.2, 0) is 0 Å². The number of aryl methyl sites for hydroxylation is 1. The molecule has 0 radical (unpaired) electrons. The van der Waals surface area contributed by atoms with Crippen LogP contribution in [0.1, 0.15) is 56.0 Å². The molecule has 0 amide bonds. The van der Waals surface area contributed by atoms with Crippen LogP contribution in [0, 0.1) is 13.8 Å². The van der Waals surface area contributed by atoms with E-state index in [0.29, 0.717) is 12.1 Å². The quantitative estimate of drug-likeness (QED) is 0.885. The first-order chi connectivity index (χ1) is 9.54. The van der Waals surface area contributed by atoms with Gasteiger partial charge in [-0.15, -0.1) is 0 Å². The smallest absolute Gasteiger partial charge is 0.0738 e. The Morgan fingerprint density at radius 1 is 1.40 bits per heavy atom. The predicted octanol–water partition coefficient (Wildman–Crippen LogP) is 2.86. The van der Waals surface area contributed by atoms with Crippen molar-refractivity contribution in [2.75, 3.05) is 6.61 Å². The Morgan fingerprint density at radius 2 is 2.15 bits per heavy atom. The van der Waals surface area contributed by atoms with E-state index in [1.807, 2.05) is 6.92 Å². The number of rotatable bonds is 4. The Morgan fingerprint density at radius 3 is 2.70 bits per heavy atom. The molecular formula is C15H24BrN3O. The molecule has 0 saturated heterocycles. The summed E-state index contributed by atoms with van der Waals surface area (Å²) in [6.07, 6.45) is 6.89. The number of halogens is 1. The SMILES string of the molecule is Cc1nn(C2CCCC(CO)(NC3CC3)C2)c(C)c1Br. The van der Waals surface area contributed by atoms with E-state index in [4.69, 9.17) is 0 Å². The number of aliphatic hydroxyl groups is 1. The van der Waals surface area contributed by atoms with Gasteiger partial charge in [-0.2, -0.15) is 5.10 Å². The standard InChI is InChI=1S/C15H24BrN3O/c1-10-14(16)11(2)19(18-10)13-4-3-7-15(8-13,9-20)17-12-5-6-12/h12-13,17,20H,3-9H2,1-2H3. The van der Waals surface area contributed by atoms with Crippen LogP contribution in [0.5, 0.6) is 0 Å². The van der Waals surface area contributed by atoms with E-state index in [-0.39, 0.29) is 12.1 Å². The molecule has 2 atom stereocenters. The topological polar surface area (TPSA) is 50.1 Å². The number of nitrogens with one attached hydrogen (secondary N) is 1. The van der Waals surface area contributed by atoms with Gasteiger partial charge in [0.25, 0.3) is 0 Å². The van der Waals surface area contributed by atoms with Crippen molar-refractivity contribution in [3.05, 3.63) is 15.9 Å². The average Bonchev–Trinajstić information content (AvgIpc) is 3.22. The molecule has 2 fully saturated rings. The van der Waals surface area contributed by atoms with E-state index in [2.05, 4.69) is 38.0 Å². The van der Waals surface area contributed by atoms with Crippen molar-refractivity contribution >= 4 is 15.9 Å². The van der Waals surface area contributed by atoms with E-state index in [9.17, 15) is 5.11 Å². The zero-order valence-electron chi connectivity index (χ0n) is 12.3. The normalized spacial score (nSPS) is 30.7. The number of hydrogen-bond acceptors (Lipinski definition) is 3. The first-order valence-corrected chi connectivity index (χ1v) is 8.44. The Labute approximate surface area is 129 Å². The molecule has 112 valence electrons. The van der Waals surface area contributed by atoms with Gasteiger partial charge in [0.15, 0.2) is 0 Å². The van der Waals surface area contributed by atoms with E-state index in [0.717, 1.165) is 35.8 Å². The van der Waals surface area contributed by atoms with Gasteiger partial charge in [0.05, 0.1) is 28.5 Å². The largest absolute Gasteiger partial charge is 0.394 e. The molecular weight excluding hydrogens is 318 g/mol. The summed E-state index contributed by atoms with van der Waals surface area (Å²) < 4.78 is 3.28. The van der Waals surface area contributed by atoms with Crippen LogP contribution in [0.15, 0.2) is 4.47 Å². The third kappa shape index (κ3) is 2.68. The summed E-state index contributed by atoms with van der Waals surface area (Å²) in [6.45, 7) is 4.40. The third-order valence-electron chi connectivity index (χ3n) is 4.79. The molecule has 4 nitrogen and oxygen atoms in total. The first kappa shape index (κ1) is 14.5. The number of aromatic nitrogens is 2. The van der Waals surface area contributed by atoms with Crippen molar-refractivity contribution in [2.45, 2.75) is 70.0 Å². The van der Waals surface area contributed by atoms with Gasteiger partial charge in [0.2, 0.25) is 0 Å². The summed E-state index contributed by atoms with van der Waals surface area (Å²) in [6, 6.07) is 1.03. The van der Waals surface area contributed by atoms with Crippen molar-refractivity contribution < 1.29 is 5.11 Å². The van der Waals surface area contributed by atoms with E-state index in [1.165, 1.54) is 18.5 Å². The maximum atomic E-state index is 9.91. The second kappa shape index (κ2) is 5.43. The maximum Gasteiger partial charge on any atom is 0.0738 e. The molecule has 3 rings (SSSR count). The second-order valence-electron chi connectivity index (χ2n) is 6.54. The van der Waals surface area contributed by atoms with Gasteiger partial charge in [0.1, 0.15) is 0 Å². The van der Waals surface area contributed by atoms with E-state index >= 15 is 0 Å². The molecule has 2 unspecified atom stereocenters. The van der Waals surface area contributed by atoms with Gasteiger partial charge in [-0.25, -0.2) is 0 Å². The summed E-state index contributed by atoms with van der Waals surface area (Å²) >= 11 is 3.61. The third-order valence-corrected chi connectivity index (χ3v) is 5.94. The Kier molecular flexibility index (Phi) is 3.95. The fourth-order valence-electron chi connectivity index (χ4n) is 3.52. The number of hydrogen-bond donors (Lipinski definition) is 2. The number of nitrogens with zero attached hydrogens (tertiary/aromatic N) is 2. The molecule has 5 heteroatoms. The molecule has 2 aliphatic rings. The lowest BCUT2D eigenvalue weighted by atomic mass is 9.79. The number of aliphatic hydroxyl groups excluding tert-OH is 1. The first-order valence-electron chi connectivity index (χ1n) is 7.64. The van der Waals surface area contributed by atoms with Gasteiger partial charge in [0, 0.05) is 11.6 Å². The van der Waals surface area contributed by atoms with Crippen LogP contribution >= 0.6 is 15.9 Å². The maximum absolute atomic E-state index is 9.91. The highest BCUT2D eigenvalue weighted by atomic mass is 79.9. The van der Waals surface area contributed by atoms with Crippen LogP contribution in [0.4, 0.5) is 0 Å². The molecule has 1 heterocycles. The second-order valence-corrected chi connectivity index (χ2v) is 7.33. The molecule has 1 aromatic heterocycles. The zero-order valence-corrected chi connectivity index (χ0v) is 13.9. The van der Waals surface area contributed by atoms with Gasteiger partial charge in [-0.3, -0.25) is 4.68 Å².